The highest BCUT2D eigenvalue weighted by molar-refractivity contribution is 5.81. The molecular weight excluding hydrogens is 272 g/mol. The van der Waals surface area contributed by atoms with E-state index in [0.29, 0.717) is 6.61 Å². The van der Waals surface area contributed by atoms with Crippen LogP contribution in [0.4, 0.5) is 0 Å². The molecule has 0 aromatic rings. The molecule has 0 aliphatic carbocycles. The lowest BCUT2D eigenvalue weighted by molar-refractivity contribution is -0.137. The first kappa shape index (κ1) is 21.2. The first-order chi connectivity index (χ1) is 10.8. The lowest BCUT2D eigenvalue weighted by atomic mass is 10.1. The third-order valence-electron chi connectivity index (χ3n) is 3.97. The Morgan fingerprint density at radius 3 is 1.77 bits per heavy atom. The van der Waals surface area contributed by atoms with Crippen molar-refractivity contribution in [1.82, 2.24) is 0 Å². The number of hydrogen-bond donors (Lipinski definition) is 0. The van der Waals surface area contributed by atoms with Crippen LogP contribution in [-0.2, 0) is 9.53 Å². The Balaban J connectivity index is 3.16. The molecule has 0 saturated heterocycles. The minimum atomic E-state index is -0.178. The number of carbonyl (C=O) groups excluding carboxylic acids is 1. The van der Waals surface area contributed by atoms with E-state index in [9.17, 15) is 4.79 Å². The fourth-order valence-corrected chi connectivity index (χ4v) is 2.49. The maximum absolute atomic E-state index is 11.4. The molecule has 2 nitrogen and oxygen atoms in total. The molecule has 0 fully saturated rings. The molecular formula is C20H38O2. The Morgan fingerprint density at radius 1 is 0.727 bits per heavy atom. The van der Waals surface area contributed by atoms with Crippen LogP contribution in [0.1, 0.15) is 104 Å². The van der Waals surface area contributed by atoms with Crippen LogP contribution >= 0.6 is 0 Å². The Kier molecular flexibility index (Phi) is 17.6. The second-order valence-corrected chi connectivity index (χ2v) is 6.25. The van der Waals surface area contributed by atoms with Crippen LogP contribution in [0.3, 0.4) is 0 Å². The monoisotopic (exact) mass is 310 g/mol. The maximum Gasteiger partial charge on any atom is 0.330 e. The smallest absolute Gasteiger partial charge is 0.330 e. The summed E-state index contributed by atoms with van der Waals surface area (Å²) in [5, 5.41) is 0. The van der Waals surface area contributed by atoms with Crippen molar-refractivity contribution >= 4 is 5.97 Å². The summed E-state index contributed by atoms with van der Waals surface area (Å²) in [6, 6.07) is 0. The van der Waals surface area contributed by atoms with Gasteiger partial charge in [0.25, 0.3) is 0 Å². The molecule has 0 aliphatic rings. The molecule has 130 valence electrons. The lowest BCUT2D eigenvalue weighted by Gasteiger charge is -2.03. The van der Waals surface area contributed by atoms with E-state index in [2.05, 4.69) is 13.8 Å². The van der Waals surface area contributed by atoms with Crippen molar-refractivity contribution in [2.45, 2.75) is 104 Å². The van der Waals surface area contributed by atoms with E-state index in [1.165, 1.54) is 64.2 Å². The highest BCUT2D eigenvalue weighted by atomic mass is 16.5. The Morgan fingerprint density at radius 2 is 1.23 bits per heavy atom. The van der Waals surface area contributed by atoms with Crippen LogP contribution in [0, 0.1) is 0 Å². The molecule has 0 bridgehead atoms. The van der Waals surface area contributed by atoms with Crippen LogP contribution in [0.5, 0.6) is 0 Å². The standard InChI is InChI=1S/C20H38O2/c1-3-5-7-9-10-11-12-13-14-15-17-19-22-20(21)18-16-8-6-4-2/h16,18H,3-15,17,19H2,1-2H3/b18-16+. The molecule has 2 heteroatoms. The first-order valence-electron chi connectivity index (χ1n) is 9.64. The van der Waals surface area contributed by atoms with Crippen LogP contribution < -0.4 is 0 Å². The SMILES string of the molecule is CCCC/C=C/C(=O)OCCCCCCCCCCCCC. The molecule has 0 aromatic heterocycles. The summed E-state index contributed by atoms with van der Waals surface area (Å²) >= 11 is 0. The maximum atomic E-state index is 11.4. The number of unbranched alkanes of at least 4 members (excludes halogenated alkanes) is 12. The summed E-state index contributed by atoms with van der Waals surface area (Å²) in [7, 11) is 0. The minimum Gasteiger partial charge on any atom is -0.463 e. The van der Waals surface area contributed by atoms with E-state index < -0.39 is 0 Å². The molecule has 0 aliphatic heterocycles. The minimum absolute atomic E-state index is 0.178. The number of esters is 1. The molecule has 0 N–H and O–H groups in total. The van der Waals surface area contributed by atoms with Gasteiger partial charge in [0.1, 0.15) is 0 Å². The molecule has 0 radical (unpaired) electrons. The van der Waals surface area contributed by atoms with Crippen molar-refractivity contribution in [2.75, 3.05) is 6.61 Å². The van der Waals surface area contributed by atoms with Gasteiger partial charge in [0.2, 0.25) is 0 Å². The molecule has 0 aromatic carbocycles. The summed E-state index contributed by atoms with van der Waals surface area (Å²) in [6.07, 6.45) is 21.3. The second-order valence-electron chi connectivity index (χ2n) is 6.25. The number of allylic oxidation sites excluding steroid dienone is 1. The van der Waals surface area contributed by atoms with Crippen molar-refractivity contribution in [3.8, 4) is 0 Å². The second kappa shape index (κ2) is 18.3. The van der Waals surface area contributed by atoms with Gasteiger partial charge in [0.05, 0.1) is 6.61 Å². The third-order valence-corrected chi connectivity index (χ3v) is 3.97. The van der Waals surface area contributed by atoms with Gasteiger partial charge >= 0.3 is 5.97 Å². The van der Waals surface area contributed by atoms with E-state index in [0.717, 1.165) is 25.7 Å². The molecule has 0 atom stereocenters. The van der Waals surface area contributed by atoms with E-state index in [-0.39, 0.29) is 5.97 Å². The van der Waals surface area contributed by atoms with Gasteiger partial charge < -0.3 is 4.74 Å². The van der Waals surface area contributed by atoms with Crippen molar-refractivity contribution in [1.29, 1.82) is 0 Å². The Bertz CT molecular complexity index is 258. The van der Waals surface area contributed by atoms with E-state index in [1.807, 2.05) is 6.08 Å². The van der Waals surface area contributed by atoms with Gasteiger partial charge in [-0.1, -0.05) is 97.0 Å². The van der Waals surface area contributed by atoms with Crippen molar-refractivity contribution in [3.05, 3.63) is 12.2 Å². The number of ether oxygens (including phenoxy) is 1. The van der Waals surface area contributed by atoms with Gasteiger partial charge in [-0.15, -0.1) is 0 Å². The Labute approximate surface area is 138 Å². The summed E-state index contributed by atoms with van der Waals surface area (Å²) in [6.45, 7) is 4.99. The zero-order chi connectivity index (χ0) is 16.3. The zero-order valence-electron chi connectivity index (χ0n) is 15.1. The fraction of sp³-hybridized carbons (Fsp3) is 0.850. The summed E-state index contributed by atoms with van der Waals surface area (Å²) < 4.78 is 5.18. The van der Waals surface area contributed by atoms with Crippen LogP contribution in [0.15, 0.2) is 12.2 Å². The van der Waals surface area contributed by atoms with Crippen molar-refractivity contribution in [2.24, 2.45) is 0 Å². The predicted molar refractivity (Wildman–Crippen MR) is 96.1 cm³/mol. The quantitative estimate of drug-likeness (QED) is 0.183. The number of carbonyl (C=O) groups is 1. The van der Waals surface area contributed by atoms with Crippen molar-refractivity contribution < 1.29 is 9.53 Å². The van der Waals surface area contributed by atoms with Gasteiger partial charge in [-0.25, -0.2) is 4.79 Å². The van der Waals surface area contributed by atoms with Gasteiger partial charge in [-0.05, 0) is 12.8 Å². The van der Waals surface area contributed by atoms with Crippen LogP contribution in [0.2, 0.25) is 0 Å². The molecule has 0 rings (SSSR count). The first-order valence-corrected chi connectivity index (χ1v) is 9.64. The lowest BCUT2D eigenvalue weighted by Crippen LogP contribution is -2.02. The third kappa shape index (κ3) is 17.3. The average molecular weight is 311 g/mol. The average Bonchev–Trinajstić information content (AvgIpc) is 2.52. The molecule has 0 heterocycles. The largest absolute Gasteiger partial charge is 0.463 e. The molecule has 0 saturated carbocycles. The van der Waals surface area contributed by atoms with Gasteiger partial charge in [-0.2, -0.15) is 0 Å². The van der Waals surface area contributed by atoms with Gasteiger partial charge in [-0.3, -0.25) is 0 Å². The fourth-order valence-electron chi connectivity index (χ4n) is 2.49. The molecule has 0 spiro atoms. The van der Waals surface area contributed by atoms with Crippen molar-refractivity contribution in [3.63, 3.8) is 0 Å². The Hall–Kier alpha value is -0.790. The summed E-state index contributed by atoms with van der Waals surface area (Å²) in [5.41, 5.74) is 0. The molecule has 22 heavy (non-hydrogen) atoms. The highest BCUT2D eigenvalue weighted by Crippen LogP contribution is 2.11. The van der Waals surface area contributed by atoms with E-state index in [4.69, 9.17) is 4.74 Å². The van der Waals surface area contributed by atoms with Crippen LogP contribution in [-0.4, -0.2) is 12.6 Å². The zero-order valence-corrected chi connectivity index (χ0v) is 15.1. The highest BCUT2D eigenvalue weighted by Gasteiger charge is 1.97. The normalized spacial score (nSPS) is 11.2. The molecule has 0 amide bonds. The molecule has 0 unspecified atom stereocenters. The van der Waals surface area contributed by atoms with E-state index >= 15 is 0 Å². The number of hydrogen-bond acceptors (Lipinski definition) is 2. The summed E-state index contributed by atoms with van der Waals surface area (Å²) in [5.74, 6) is -0.178. The van der Waals surface area contributed by atoms with Gasteiger partial charge in [0, 0.05) is 6.08 Å². The number of rotatable bonds is 16. The van der Waals surface area contributed by atoms with E-state index in [1.54, 1.807) is 6.08 Å². The van der Waals surface area contributed by atoms with Gasteiger partial charge in [0.15, 0.2) is 0 Å². The summed E-state index contributed by atoms with van der Waals surface area (Å²) in [4.78, 5) is 11.4. The topological polar surface area (TPSA) is 26.3 Å². The predicted octanol–water partition coefficient (Wildman–Crippen LogP) is 6.59. The van der Waals surface area contributed by atoms with Crippen LogP contribution in [0.25, 0.3) is 0 Å².